The summed E-state index contributed by atoms with van der Waals surface area (Å²) in [7, 11) is 0. The number of furan rings is 1. The van der Waals surface area contributed by atoms with Crippen LogP contribution in [0.5, 0.6) is 11.5 Å². The third kappa shape index (κ3) is 2.43. The fraction of sp³-hybridized carbons (Fsp3) is 0.238. The smallest absolute Gasteiger partial charge is 0.348 e. The molecule has 1 amide bonds. The van der Waals surface area contributed by atoms with Crippen LogP contribution in [0, 0.1) is 0 Å². The standard InChI is InChI=1S/C21H17NO6/c23-11-4-5-12-16(9-11)28-21(26)19-18-13(10-22-8-2-1-3-17(22)25)14(24)6-7-15(18)27-20(12)19/h4-7,9,23-24H,1-3,8,10H2. The first-order valence-electron chi connectivity index (χ1n) is 9.13. The average molecular weight is 379 g/mol. The highest BCUT2D eigenvalue weighted by atomic mass is 16.4. The maximum atomic E-state index is 12.7. The lowest BCUT2D eigenvalue weighted by Crippen LogP contribution is -2.34. The Balaban J connectivity index is 1.81. The van der Waals surface area contributed by atoms with E-state index in [-0.39, 0.29) is 34.9 Å². The summed E-state index contributed by atoms with van der Waals surface area (Å²) in [5.41, 5.74) is 0.826. The van der Waals surface area contributed by atoms with Crippen LogP contribution < -0.4 is 5.63 Å². The van der Waals surface area contributed by atoms with E-state index >= 15 is 0 Å². The fourth-order valence-electron chi connectivity index (χ4n) is 3.95. The highest BCUT2D eigenvalue weighted by Gasteiger charge is 2.24. The van der Waals surface area contributed by atoms with Gasteiger partial charge in [0.15, 0.2) is 5.58 Å². The molecule has 2 aromatic carbocycles. The van der Waals surface area contributed by atoms with E-state index in [1.807, 2.05) is 0 Å². The molecule has 3 heterocycles. The largest absolute Gasteiger partial charge is 0.508 e. The van der Waals surface area contributed by atoms with E-state index in [1.165, 1.54) is 18.2 Å². The first-order valence-corrected chi connectivity index (χ1v) is 9.13. The van der Waals surface area contributed by atoms with Crippen molar-refractivity contribution in [2.45, 2.75) is 25.8 Å². The van der Waals surface area contributed by atoms with E-state index in [1.54, 1.807) is 17.0 Å². The number of carbonyl (C=O) groups excluding carboxylic acids is 1. The molecule has 5 rings (SSSR count). The van der Waals surface area contributed by atoms with Gasteiger partial charge >= 0.3 is 5.63 Å². The molecule has 0 bridgehead atoms. The lowest BCUT2D eigenvalue weighted by molar-refractivity contribution is -0.133. The number of likely N-dealkylation sites (tertiary alicyclic amines) is 1. The van der Waals surface area contributed by atoms with Crippen molar-refractivity contribution in [1.29, 1.82) is 0 Å². The zero-order valence-corrected chi connectivity index (χ0v) is 14.9. The van der Waals surface area contributed by atoms with Crippen molar-refractivity contribution in [3.63, 3.8) is 0 Å². The van der Waals surface area contributed by atoms with Crippen molar-refractivity contribution in [2.75, 3.05) is 6.54 Å². The molecule has 1 aliphatic heterocycles. The van der Waals surface area contributed by atoms with Gasteiger partial charge in [-0.3, -0.25) is 4.79 Å². The Morgan fingerprint density at radius 2 is 1.82 bits per heavy atom. The molecule has 0 spiro atoms. The van der Waals surface area contributed by atoms with Crippen LogP contribution in [-0.2, 0) is 11.3 Å². The summed E-state index contributed by atoms with van der Waals surface area (Å²) >= 11 is 0. The van der Waals surface area contributed by atoms with Gasteiger partial charge in [-0.2, -0.15) is 0 Å². The first kappa shape index (κ1) is 16.7. The van der Waals surface area contributed by atoms with Gasteiger partial charge in [-0.25, -0.2) is 4.79 Å². The van der Waals surface area contributed by atoms with Gasteiger partial charge in [0, 0.05) is 30.0 Å². The minimum atomic E-state index is -0.622. The molecule has 1 aliphatic rings. The summed E-state index contributed by atoms with van der Waals surface area (Å²) in [6.45, 7) is 0.810. The Hall–Kier alpha value is -3.48. The van der Waals surface area contributed by atoms with Gasteiger partial charge in [0.05, 0.1) is 11.9 Å². The highest BCUT2D eigenvalue weighted by molar-refractivity contribution is 6.14. The number of piperidine rings is 1. The summed E-state index contributed by atoms with van der Waals surface area (Å²) in [6.07, 6.45) is 2.26. The molecule has 7 heteroatoms. The van der Waals surface area contributed by atoms with Gasteiger partial charge in [-0.1, -0.05) is 0 Å². The van der Waals surface area contributed by atoms with Crippen molar-refractivity contribution in [1.82, 2.24) is 4.90 Å². The van der Waals surface area contributed by atoms with E-state index in [0.29, 0.717) is 40.5 Å². The molecular weight excluding hydrogens is 362 g/mol. The van der Waals surface area contributed by atoms with Crippen molar-refractivity contribution >= 4 is 38.8 Å². The van der Waals surface area contributed by atoms with Crippen LogP contribution in [0.15, 0.2) is 44.0 Å². The van der Waals surface area contributed by atoms with Crippen molar-refractivity contribution < 1.29 is 23.8 Å². The number of hydrogen-bond acceptors (Lipinski definition) is 6. The fourth-order valence-corrected chi connectivity index (χ4v) is 3.95. The van der Waals surface area contributed by atoms with Gasteiger partial charge in [0.25, 0.3) is 0 Å². The number of rotatable bonds is 2. The van der Waals surface area contributed by atoms with Crippen molar-refractivity contribution in [2.24, 2.45) is 0 Å². The maximum absolute atomic E-state index is 12.7. The van der Waals surface area contributed by atoms with Crippen molar-refractivity contribution in [3.8, 4) is 11.5 Å². The van der Waals surface area contributed by atoms with E-state index in [9.17, 15) is 19.8 Å². The molecule has 28 heavy (non-hydrogen) atoms. The number of phenols is 2. The second kappa shape index (κ2) is 6.02. The molecular formula is C21H17NO6. The van der Waals surface area contributed by atoms with Crippen LogP contribution in [0.2, 0.25) is 0 Å². The van der Waals surface area contributed by atoms with Crippen LogP contribution in [0.25, 0.3) is 32.9 Å². The molecule has 0 radical (unpaired) electrons. The number of hydrogen-bond donors (Lipinski definition) is 2. The minimum Gasteiger partial charge on any atom is -0.508 e. The van der Waals surface area contributed by atoms with Gasteiger partial charge in [0.2, 0.25) is 5.91 Å². The topological polar surface area (TPSA) is 104 Å². The van der Waals surface area contributed by atoms with Crippen LogP contribution in [-0.4, -0.2) is 27.6 Å². The van der Waals surface area contributed by atoms with E-state index in [4.69, 9.17) is 8.83 Å². The highest BCUT2D eigenvalue weighted by Crippen LogP contribution is 2.38. The van der Waals surface area contributed by atoms with Crippen LogP contribution in [0.3, 0.4) is 0 Å². The molecule has 0 aliphatic carbocycles. The summed E-state index contributed by atoms with van der Waals surface area (Å²) in [6, 6.07) is 7.56. The van der Waals surface area contributed by atoms with Crippen LogP contribution in [0.4, 0.5) is 0 Å². The first-order chi connectivity index (χ1) is 13.5. The number of phenolic OH excluding ortho intramolecular Hbond substituents is 2. The number of benzene rings is 2. The molecule has 0 atom stereocenters. The SMILES string of the molecule is O=C1CCCCN1Cc1c(O)ccc2oc3c4ccc(O)cc4oc(=O)c3c12. The predicted octanol–water partition coefficient (Wildman–Crippen LogP) is 3.62. The van der Waals surface area contributed by atoms with Gasteiger partial charge in [-0.15, -0.1) is 0 Å². The van der Waals surface area contributed by atoms with E-state index in [0.717, 1.165) is 12.8 Å². The number of carbonyl (C=O) groups is 1. The second-order valence-electron chi connectivity index (χ2n) is 7.08. The molecule has 0 unspecified atom stereocenters. The van der Waals surface area contributed by atoms with Gasteiger partial charge < -0.3 is 23.9 Å². The van der Waals surface area contributed by atoms with Crippen molar-refractivity contribution in [3.05, 3.63) is 46.3 Å². The number of amides is 1. The Morgan fingerprint density at radius 1 is 0.964 bits per heavy atom. The quantitative estimate of drug-likeness (QED) is 0.516. The predicted molar refractivity (Wildman–Crippen MR) is 102 cm³/mol. The molecule has 0 saturated carbocycles. The molecule has 2 aromatic heterocycles. The Morgan fingerprint density at radius 3 is 2.64 bits per heavy atom. The minimum absolute atomic E-state index is 0.00113. The monoisotopic (exact) mass is 379 g/mol. The Labute approximate surface area is 158 Å². The normalized spacial score (nSPS) is 15.1. The summed E-state index contributed by atoms with van der Waals surface area (Å²) in [4.78, 5) is 26.7. The molecule has 1 saturated heterocycles. The Bertz CT molecular complexity index is 1320. The maximum Gasteiger partial charge on any atom is 0.348 e. The molecule has 4 aromatic rings. The van der Waals surface area contributed by atoms with Gasteiger partial charge in [-0.05, 0) is 37.1 Å². The number of aromatic hydroxyl groups is 2. The number of fused-ring (bicyclic) bond motifs is 5. The van der Waals surface area contributed by atoms with Crippen LogP contribution >= 0.6 is 0 Å². The lowest BCUT2D eigenvalue weighted by atomic mass is 10.0. The second-order valence-corrected chi connectivity index (χ2v) is 7.08. The number of nitrogens with zero attached hydrogens (tertiary/aromatic N) is 1. The zero-order valence-electron chi connectivity index (χ0n) is 14.9. The molecule has 1 fully saturated rings. The Kier molecular flexibility index (Phi) is 3.58. The molecule has 7 nitrogen and oxygen atoms in total. The van der Waals surface area contributed by atoms with Crippen LogP contribution in [0.1, 0.15) is 24.8 Å². The summed E-state index contributed by atoms with van der Waals surface area (Å²) in [5, 5.41) is 21.4. The molecule has 142 valence electrons. The van der Waals surface area contributed by atoms with Gasteiger partial charge in [0.1, 0.15) is 28.1 Å². The lowest BCUT2D eigenvalue weighted by Gasteiger charge is -2.27. The van der Waals surface area contributed by atoms with E-state index < -0.39 is 5.63 Å². The summed E-state index contributed by atoms with van der Waals surface area (Å²) < 4.78 is 11.3. The molecule has 2 N–H and O–H groups in total. The average Bonchev–Trinajstić information content (AvgIpc) is 3.06. The summed E-state index contributed by atoms with van der Waals surface area (Å²) in [5.74, 6) is 0.00949. The third-order valence-electron chi connectivity index (χ3n) is 5.33. The zero-order chi connectivity index (χ0) is 19.4. The third-order valence-corrected chi connectivity index (χ3v) is 5.33. The van der Waals surface area contributed by atoms with E-state index in [2.05, 4.69) is 0 Å².